The highest BCUT2D eigenvalue weighted by molar-refractivity contribution is 5.65. The van der Waals surface area contributed by atoms with Crippen molar-refractivity contribution < 1.29 is 4.79 Å². The zero-order valence-corrected chi connectivity index (χ0v) is 3.48. The number of rotatable bonds is 1. The van der Waals surface area contributed by atoms with Crippen LogP contribution in [-0.2, 0) is 4.79 Å². The molecule has 1 fully saturated rings. The summed E-state index contributed by atoms with van der Waals surface area (Å²) in [6, 6.07) is 0. The van der Waals surface area contributed by atoms with Crippen LogP contribution in [0.4, 0.5) is 0 Å². The molecule has 1 saturated carbocycles. The zero-order valence-electron chi connectivity index (χ0n) is 3.48. The Bertz CT molecular complexity index is 94.1. The van der Waals surface area contributed by atoms with E-state index in [0.29, 0.717) is 0 Å². The summed E-state index contributed by atoms with van der Waals surface area (Å²) in [5, 5.41) is 0. The quantitative estimate of drug-likeness (QED) is 0.337. The lowest BCUT2D eigenvalue weighted by molar-refractivity contribution is -0.108. The lowest BCUT2D eigenvalue weighted by Crippen LogP contribution is -1.68. The number of hydrogen-bond donors (Lipinski definition) is 0. The topological polar surface area (TPSA) is 17.1 Å². The van der Waals surface area contributed by atoms with Crippen LogP contribution in [0.2, 0.25) is 0 Å². The van der Waals surface area contributed by atoms with Crippen LogP contribution in [0, 0.1) is 5.92 Å². The number of carbonyl (C=O) groups excluding carboxylic acids is 1. The molecule has 0 spiro atoms. The first-order chi connectivity index (χ1) is 2.84. The van der Waals surface area contributed by atoms with Gasteiger partial charge in [0.05, 0.1) is 0 Å². The van der Waals surface area contributed by atoms with Crippen LogP contribution in [0.25, 0.3) is 0 Å². The van der Waals surface area contributed by atoms with E-state index in [1.165, 1.54) is 0 Å². The van der Waals surface area contributed by atoms with Crippen LogP contribution in [0.3, 0.4) is 0 Å². The molecule has 0 bridgehead atoms. The molecule has 1 atom stereocenters. The fraction of sp³-hybridized carbons (Fsp3) is 0.400. The van der Waals surface area contributed by atoms with Crippen molar-refractivity contribution in [1.82, 2.24) is 0 Å². The Hall–Kier alpha value is -0.590. The lowest BCUT2D eigenvalue weighted by Gasteiger charge is -1.59. The van der Waals surface area contributed by atoms with Crippen molar-refractivity contribution in [1.29, 1.82) is 0 Å². The summed E-state index contributed by atoms with van der Waals surface area (Å²) in [6.45, 7) is 3.59. The van der Waals surface area contributed by atoms with E-state index in [2.05, 4.69) is 6.58 Å². The van der Waals surface area contributed by atoms with Gasteiger partial charge in [-0.25, -0.2) is 0 Å². The predicted molar refractivity (Wildman–Crippen MR) is 23.3 cm³/mol. The maximum atomic E-state index is 9.72. The Morgan fingerprint density at radius 3 is 2.50 bits per heavy atom. The SMILES string of the molecule is C=C1CC1C=O. The van der Waals surface area contributed by atoms with Gasteiger partial charge in [-0.2, -0.15) is 0 Å². The Morgan fingerprint density at radius 2 is 2.50 bits per heavy atom. The Morgan fingerprint density at radius 1 is 2.00 bits per heavy atom. The molecule has 0 aromatic heterocycles. The minimum absolute atomic E-state index is 0.227. The van der Waals surface area contributed by atoms with E-state index in [9.17, 15) is 4.79 Å². The molecule has 1 heteroatoms. The smallest absolute Gasteiger partial charge is 0.127 e. The number of aldehydes is 1. The van der Waals surface area contributed by atoms with E-state index in [0.717, 1.165) is 18.3 Å². The second kappa shape index (κ2) is 0.934. The standard InChI is InChI=1S/C5H6O/c1-4-2-5(4)3-6/h3,5H,1-2H2. The van der Waals surface area contributed by atoms with Gasteiger partial charge in [0.25, 0.3) is 0 Å². The molecule has 0 aromatic rings. The van der Waals surface area contributed by atoms with Crippen molar-refractivity contribution in [2.45, 2.75) is 6.42 Å². The van der Waals surface area contributed by atoms with Crippen LogP contribution in [0.5, 0.6) is 0 Å². The summed E-state index contributed by atoms with van der Waals surface area (Å²) in [5.41, 5.74) is 1.09. The van der Waals surface area contributed by atoms with E-state index < -0.39 is 0 Å². The van der Waals surface area contributed by atoms with Crippen molar-refractivity contribution in [3.05, 3.63) is 12.2 Å². The number of carbonyl (C=O) groups is 1. The predicted octanol–water partition coefficient (Wildman–Crippen LogP) is 0.761. The highest BCUT2D eigenvalue weighted by Gasteiger charge is 2.25. The van der Waals surface area contributed by atoms with E-state index in [1.54, 1.807) is 0 Å². The molecule has 1 unspecified atom stereocenters. The van der Waals surface area contributed by atoms with Gasteiger partial charge < -0.3 is 4.79 Å². The molecule has 32 valence electrons. The molecule has 0 saturated heterocycles. The Kier molecular flexibility index (Phi) is 0.560. The first-order valence-corrected chi connectivity index (χ1v) is 1.97. The lowest BCUT2D eigenvalue weighted by atomic mass is 10.5. The second-order valence-electron chi connectivity index (χ2n) is 1.60. The molecule has 0 aromatic carbocycles. The molecular formula is C5H6O. The molecule has 0 amide bonds. The molecule has 1 aliphatic rings. The molecule has 0 N–H and O–H groups in total. The van der Waals surface area contributed by atoms with Gasteiger partial charge in [0.15, 0.2) is 0 Å². The summed E-state index contributed by atoms with van der Waals surface area (Å²) in [7, 11) is 0. The monoisotopic (exact) mass is 82.0 g/mol. The minimum atomic E-state index is 0.227. The summed E-state index contributed by atoms with van der Waals surface area (Å²) in [6.07, 6.45) is 1.88. The summed E-state index contributed by atoms with van der Waals surface area (Å²) in [5.74, 6) is 0.227. The molecule has 6 heavy (non-hydrogen) atoms. The molecule has 1 aliphatic carbocycles. The molecule has 0 heterocycles. The maximum absolute atomic E-state index is 9.72. The number of hydrogen-bond acceptors (Lipinski definition) is 1. The first kappa shape index (κ1) is 3.59. The van der Waals surface area contributed by atoms with Gasteiger partial charge in [0.1, 0.15) is 6.29 Å². The minimum Gasteiger partial charge on any atom is -0.303 e. The van der Waals surface area contributed by atoms with Gasteiger partial charge in [0, 0.05) is 5.92 Å². The third-order valence-corrected chi connectivity index (χ3v) is 1.01. The third-order valence-electron chi connectivity index (χ3n) is 1.01. The molecular weight excluding hydrogens is 76.1 g/mol. The molecule has 0 radical (unpaired) electrons. The van der Waals surface area contributed by atoms with E-state index in [1.807, 2.05) is 0 Å². The fourth-order valence-electron chi connectivity index (χ4n) is 0.368. The highest BCUT2D eigenvalue weighted by atomic mass is 16.1. The molecule has 0 aliphatic heterocycles. The molecule has 1 nitrogen and oxygen atoms in total. The Labute approximate surface area is 36.7 Å². The van der Waals surface area contributed by atoms with Gasteiger partial charge in [-0.15, -0.1) is 0 Å². The maximum Gasteiger partial charge on any atom is 0.127 e. The van der Waals surface area contributed by atoms with Crippen molar-refractivity contribution in [3.63, 3.8) is 0 Å². The van der Waals surface area contributed by atoms with Crippen molar-refractivity contribution >= 4 is 6.29 Å². The largest absolute Gasteiger partial charge is 0.303 e. The van der Waals surface area contributed by atoms with Crippen molar-refractivity contribution in [2.75, 3.05) is 0 Å². The van der Waals surface area contributed by atoms with E-state index in [4.69, 9.17) is 0 Å². The zero-order chi connectivity index (χ0) is 4.57. The normalized spacial score (nSPS) is 30.0. The summed E-state index contributed by atoms with van der Waals surface area (Å²) >= 11 is 0. The second-order valence-corrected chi connectivity index (χ2v) is 1.60. The van der Waals surface area contributed by atoms with Crippen LogP contribution in [-0.4, -0.2) is 6.29 Å². The van der Waals surface area contributed by atoms with Gasteiger partial charge in [-0.3, -0.25) is 0 Å². The van der Waals surface area contributed by atoms with Crippen molar-refractivity contribution in [3.8, 4) is 0 Å². The first-order valence-electron chi connectivity index (χ1n) is 1.97. The average Bonchev–Trinajstić information content (AvgIpc) is 2.19. The van der Waals surface area contributed by atoms with Crippen LogP contribution in [0.15, 0.2) is 12.2 Å². The van der Waals surface area contributed by atoms with Crippen LogP contribution >= 0.6 is 0 Å². The van der Waals surface area contributed by atoms with Crippen molar-refractivity contribution in [2.24, 2.45) is 5.92 Å². The number of allylic oxidation sites excluding steroid dienone is 1. The molecule has 1 rings (SSSR count). The van der Waals surface area contributed by atoms with Gasteiger partial charge in [-0.05, 0) is 6.42 Å². The summed E-state index contributed by atoms with van der Waals surface area (Å²) in [4.78, 5) is 9.72. The fourth-order valence-corrected chi connectivity index (χ4v) is 0.368. The van der Waals surface area contributed by atoms with Gasteiger partial charge in [-0.1, -0.05) is 12.2 Å². The Balaban J connectivity index is 2.44. The average molecular weight is 82.1 g/mol. The summed E-state index contributed by atoms with van der Waals surface area (Å²) < 4.78 is 0. The van der Waals surface area contributed by atoms with Gasteiger partial charge in [0.2, 0.25) is 0 Å². The van der Waals surface area contributed by atoms with E-state index >= 15 is 0 Å². The van der Waals surface area contributed by atoms with Crippen LogP contribution in [0.1, 0.15) is 6.42 Å². The third kappa shape index (κ3) is 0.361. The van der Waals surface area contributed by atoms with Crippen LogP contribution < -0.4 is 0 Å². The highest BCUT2D eigenvalue weighted by Crippen LogP contribution is 2.32. The van der Waals surface area contributed by atoms with E-state index in [-0.39, 0.29) is 5.92 Å². The van der Waals surface area contributed by atoms with Gasteiger partial charge >= 0.3 is 0 Å².